The van der Waals surface area contributed by atoms with E-state index in [2.05, 4.69) is 20.5 Å². The van der Waals surface area contributed by atoms with Crippen LogP contribution in [-0.4, -0.2) is 51.7 Å². The first-order valence-electron chi connectivity index (χ1n) is 8.62. The van der Waals surface area contributed by atoms with Gasteiger partial charge in [0.25, 0.3) is 0 Å². The maximum Gasteiger partial charge on any atom is 0.204 e. The van der Waals surface area contributed by atoms with Crippen LogP contribution in [0.3, 0.4) is 0 Å². The molecule has 0 bridgehead atoms. The zero-order chi connectivity index (χ0) is 20.8. The van der Waals surface area contributed by atoms with Gasteiger partial charge < -0.3 is 23.7 Å². The number of para-hydroxylation sites is 1. The number of benzene rings is 2. The molecule has 3 rings (SSSR count). The third kappa shape index (κ3) is 3.79. The lowest BCUT2D eigenvalue weighted by molar-refractivity contribution is 0.327. The summed E-state index contributed by atoms with van der Waals surface area (Å²) in [5.74, 6) is 3.04. The second-order valence-corrected chi connectivity index (χ2v) is 5.71. The standard InChI is InChI=1S/C20H22N4O5/c1-25-14-8-6-7-12(17(14)27-3)10-23-24-20-16-13(21-11-22-20)9-15(26-2)18(28-4)19(16)29-5/h6-11H,1-5H3,(H,21,22,24)/b23-10+. The van der Waals surface area contributed by atoms with Crippen molar-refractivity contribution in [2.45, 2.75) is 0 Å². The van der Waals surface area contributed by atoms with Gasteiger partial charge in [-0.25, -0.2) is 9.97 Å². The zero-order valence-corrected chi connectivity index (χ0v) is 16.8. The first kappa shape index (κ1) is 20.0. The van der Waals surface area contributed by atoms with Gasteiger partial charge in [0.05, 0.1) is 52.7 Å². The van der Waals surface area contributed by atoms with Crippen LogP contribution in [0.2, 0.25) is 0 Å². The predicted molar refractivity (Wildman–Crippen MR) is 110 cm³/mol. The molecule has 3 aromatic rings. The number of methoxy groups -OCH3 is 5. The Bertz CT molecular complexity index is 1040. The Labute approximate surface area is 168 Å². The molecule has 0 aliphatic heterocycles. The van der Waals surface area contributed by atoms with E-state index in [1.165, 1.54) is 20.5 Å². The van der Waals surface area contributed by atoms with Crippen molar-refractivity contribution in [3.8, 4) is 28.7 Å². The largest absolute Gasteiger partial charge is 0.493 e. The number of hydrazone groups is 1. The highest BCUT2D eigenvalue weighted by Crippen LogP contribution is 2.44. The molecule has 0 unspecified atom stereocenters. The van der Waals surface area contributed by atoms with E-state index in [0.29, 0.717) is 45.5 Å². The average Bonchev–Trinajstić information content (AvgIpc) is 2.77. The molecule has 0 saturated carbocycles. The average molecular weight is 398 g/mol. The SMILES string of the molecule is COc1cccc(/C=N/Nc2ncnc3cc(OC)c(OC)c(OC)c23)c1OC. The highest BCUT2D eigenvalue weighted by atomic mass is 16.5. The number of rotatable bonds is 8. The number of nitrogens with one attached hydrogen (secondary N) is 1. The molecule has 0 aliphatic carbocycles. The molecular weight excluding hydrogens is 376 g/mol. The zero-order valence-electron chi connectivity index (χ0n) is 16.8. The van der Waals surface area contributed by atoms with Crippen molar-refractivity contribution in [1.29, 1.82) is 0 Å². The molecular formula is C20H22N4O5. The first-order chi connectivity index (χ1) is 14.2. The summed E-state index contributed by atoms with van der Waals surface area (Å²) in [5.41, 5.74) is 4.29. The minimum absolute atomic E-state index is 0.443. The second kappa shape index (κ2) is 8.96. The fourth-order valence-electron chi connectivity index (χ4n) is 2.95. The van der Waals surface area contributed by atoms with Gasteiger partial charge in [-0.2, -0.15) is 5.10 Å². The van der Waals surface area contributed by atoms with E-state index in [9.17, 15) is 0 Å². The number of hydrogen-bond acceptors (Lipinski definition) is 9. The summed E-state index contributed by atoms with van der Waals surface area (Å²) in [4.78, 5) is 8.58. The van der Waals surface area contributed by atoms with Crippen molar-refractivity contribution in [3.63, 3.8) is 0 Å². The Balaban J connectivity index is 2.02. The van der Waals surface area contributed by atoms with Crippen molar-refractivity contribution in [2.24, 2.45) is 5.10 Å². The fourth-order valence-corrected chi connectivity index (χ4v) is 2.95. The highest BCUT2D eigenvalue weighted by Gasteiger charge is 2.20. The lowest BCUT2D eigenvalue weighted by Gasteiger charge is -2.15. The van der Waals surface area contributed by atoms with Gasteiger partial charge in [-0.3, -0.25) is 5.43 Å². The van der Waals surface area contributed by atoms with Crippen molar-refractivity contribution in [2.75, 3.05) is 41.0 Å². The fraction of sp³-hybridized carbons (Fsp3) is 0.250. The molecule has 0 atom stereocenters. The van der Waals surface area contributed by atoms with Crippen LogP contribution < -0.4 is 29.1 Å². The summed E-state index contributed by atoms with van der Waals surface area (Å²) in [5, 5.41) is 4.90. The topological polar surface area (TPSA) is 96.3 Å². The summed E-state index contributed by atoms with van der Waals surface area (Å²) >= 11 is 0. The molecule has 9 heteroatoms. The third-order valence-electron chi connectivity index (χ3n) is 4.24. The van der Waals surface area contributed by atoms with E-state index >= 15 is 0 Å². The number of nitrogens with zero attached hydrogens (tertiary/aromatic N) is 3. The first-order valence-corrected chi connectivity index (χ1v) is 8.62. The maximum atomic E-state index is 5.55. The number of hydrogen-bond donors (Lipinski definition) is 1. The molecule has 1 N–H and O–H groups in total. The normalized spacial score (nSPS) is 10.8. The Morgan fingerprint density at radius 2 is 1.55 bits per heavy atom. The van der Waals surface area contributed by atoms with Crippen LogP contribution in [0.15, 0.2) is 35.7 Å². The number of ether oxygens (including phenoxy) is 5. The van der Waals surface area contributed by atoms with E-state index in [1.54, 1.807) is 33.6 Å². The van der Waals surface area contributed by atoms with Crippen molar-refractivity contribution < 1.29 is 23.7 Å². The van der Waals surface area contributed by atoms with Gasteiger partial charge in [0.15, 0.2) is 28.8 Å². The summed E-state index contributed by atoms with van der Waals surface area (Å²) < 4.78 is 27.1. The molecule has 0 spiro atoms. The van der Waals surface area contributed by atoms with Crippen LogP contribution in [0.1, 0.15) is 5.56 Å². The van der Waals surface area contributed by atoms with E-state index in [1.807, 2.05) is 18.2 Å². The smallest absolute Gasteiger partial charge is 0.204 e. The lowest BCUT2D eigenvalue weighted by atomic mass is 10.2. The molecule has 1 aromatic heterocycles. The number of fused-ring (bicyclic) bond motifs is 1. The van der Waals surface area contributed by atoms with Crippen molar-refractivity contribution in [1.82, 2.24) is 9.97 Å². The molecule has 2 aromatic carbocycles. The van der Waals surface area contributed by atoms with Crippen LogP contribution in [0.4, 0.5) is 5.82 Å². The molecule has 9 nitrogen and oxygen atoms in total. The Kier molecular flexibility index (Phi) is 6.18. The molecule has 1 heterocycles. The van der Waals surface area contributed by atoms with Crippen LogP contribution >= 0.6 is 0 Å². The number of anilines is 1. The maximum absolute atomic E-state index is 5.55. The summed E-state index contributed by atoms with van der Waals surface area (Å²) in [6.07, 6.45) is 3.04. The van der Waals surface area contributed by atoms with Crippen LogP contribution in [-0.2, 0) is 0 Å². The van der Waals surface area contributed by atoms with Gasteiger partial charge in [-0.05, 0) is 12.1 Å². The van der Waals surface area contributed by atoms with Gasteiger partial charge in [0.1, 0.15) is 6.33 Å². The minimum Gasteiger partial charge on any atom is -0.493 e. The van der Waals surface area contributed by atoms with E-state index in [4.69, 9.17) is 23.7 Å². The quantitative estimate of drug-likeness (QED) is 0.457. The predicted octanol–water partition coefficient (Wildman–Crippen LogP) is 3.12. The summed E-state index contributed by atoms with van der Waals surface area (Å²) in [7, 11) is 7.78. The van der Waals surface area contributed by atoms with Crippen LogP contribution in [0.5, 0.6) is 28.7 Å². The summed E-state index contributed by atoms with van der Waals surface area (Å²) in [6, 6.07) is 7.27. The Morgan fingerprint density at radius 3 is 2.21 bits per heavy atom. The summed E-state index contributed by atoms with van der Waals surface area (Å²) in [6.45, 7) is 0. The van der Waals surface area contributed by atoms with Gasteiger partial charge in [-0.1, -0.05) is 6.07 Å². The van der Waals surface area contributed by atoms with E-state index in [-0.39, 0.29) is 0 Å². The van der Waals surface area contributed by atoms with E-state index in [0.717, 1.165) is 5.56 Å². The van der Waals surface area contributed by atoms with Gasteiger partial charge in [0, 0.05) is 11.6 Å². The monoisotopic (exact) mass is 398 g/mol. The third-order valence-corrected chi connectivity index (χ3v) is 4.24. The second-order valence-electron chi connectivity index (χ2n) is 5.71. The molecule has 0 saturated heterocycles. The molecule has 29 heavy (non-hydrogen) atoms. The molecule has 152 valence electrons. The Morgan fingerprint density at radius 1 is 0.828 bits per heavy atom. The molecule has 0 radical (unpaired) electrons. The molecule has 0 fully saturated rings. The van der Waals surface area contributed by atoms with E-state index < -0.39 is 0 Å². The minimum atomic E-state index is 0.443. The van der Waals surface area contributed by atoms with Gasteiger partial charge >= 0.3 is 0 Å². The highest BCUT2D eigenvalue weighted by molar-refractivity contribution is 5.98. The van der Waals surface area contributed by atoms with Gasteiger partial charge in [-0.15, -0.1) is 0 Å². The Hall–Kier alpha value is -3.75. The van der Waals surface area contributed by atoms with Gasteiger partial charge in [0.2, 0.25) is 5.75 Å². The number of aromatic nitrogens is 2. The molecule has 0 amide bonds. The van der Waals surface area contributed by atoms with Crippen LogP contribution in [0.25, 0.3) is 10.9 Å². The van der Waals surface area contributed by atoms with Crippen molar-refractivity contribution >= 4 is 22.9 Å². The van der Waals surface area contributed by atoms with Crippen molar-refractivity contribution in [3.05, 3.63) is 36.2 Å². The van der Waals surface area contributed by atoms with Crippen LogP contribution in [0, 0.1) is 0 Å². The lowest BCUT2D eigenvalue weighted by Crippen LogP contribution is -2.01. The molecule has 0 aliphatic rings.